The van der Waals surface area contributed by atoms with E-state index < -0.39 is 5.60 Å². The fourth-order valence-electron chi connectivity index (χ4n) is 9.34. The Morgan fingerprint density at radius 1 is 1.03 bits per heavy atom. The average molecular weight is 515 g/mol. The van der Waals surface area contributed by atoms with Crippen molar-refractivity contribution in [3.8, 4) is 0 Å². The lowest BCUT2D eigenvalue weighted by Gasteiger charge is -2.61. The smallest absolute Gasteiger partial charge is 0.410 e. The van der Waals surface area contributed by atoms with Gasteiger partial charge < -0.3 is 9.64 Å². The molecule has 4 nitrogen and oxygen atoms in total. The maximum Gasteiger partial charge on any atom is 0.410 e. The highest BCUT2D eigenvalue weighted by molar-refractivity contribution is 5.86. The summed E-state index contributed by atoms with van der Waals surface area (Å²) < 4.78 is 5.71. The van der Waals surface area contributed by atoms with E-state index in [4.69, 9.17) is 4.74 Å². The second kappa shape index (κ2) is 9.10. The van der Waals surface area contributed by atoms with Crippen LogP contribution >= 0.6 is 0 Å². The maximum atomic E-state index is 12.8. The number of rotatable bonds is 2. The van der Waals surface area contributed by atoms with E-state index in [1.54, 1.807) is 5.57 Å². The van der Waals surface area contributed by atoms with Crippen LogP contribution in [0.1, 0.15) is 91.5 Å². The Labute approximate surface area is 229 Å². The fourth-order valence-corrected chi connectivity index (χ4v) is 9.34. The number of carbonyl (C=O) groups excluding carboxylic acids is 1. The standard InChI is InChI=1S/C34H46N2O2/c1-32(2,3)38-31(37)36(6)26-13-16-33(4)25(20-26)9-10-27-29-12-11-28(34(29,5)17-14-30(27)33)23-8-7-22-15-18-35-21-24(22)19-23/h7-8,11,15,18-19,21,25-27,29-30H,9-10,12-14,16-17,20H2,1-6H3/t25?,26-,27-,29-,30?,33-,34+/m0/s1. The van der Waals surface area contributed by atoms with Gasteiger partial charge in [0.05, 0.1) is 0 Å². The van der Waals surface area contributed by atoms with E-state index in [1.165, 1.54) is 54.9 Å². The quantitative estimate of drug-likeness (QED) is 0.403. The Morgan fingerprint density at radius 2 is 1.84 bits per heavy atom. The zero-order chi connectivity index (χ0) is 26.9. The van der Waals surface area contributed by atoms with E-state index in [-0.39, 0.29) is 11.5 Å². The molecule has 1 aromatic carbocycles. The summed E-state index contributed by atoms with van der Waals surface area (Å²) in [6.45, 7) is 11.0. The van der Waals surface area contributed by atoms with Gasteiger partial charge in [-0.1, -0.05) is 32.1 Å². The molecule has 0 aliphatic heterocycles. The van der Waals surface area contributed by atoms with Crippen molar-refractivity contribution in [1.29, 1.82) is 0 Å². The van der Waals surface area contributed by atoms with Gasteiger partial charge in [0.25, 0.3) is 0 Å². The van der Waals surface area contributed by atoms with Gasteiger partial charge in [-0.15, -0.1) is 0 Å². The van der Waals surface area contributed by atoms with E-state index in [2.05, 4.69) is 49.2 Å². The van der Waals surface area contributed by atoms with E-state index in [9.17, 15) is 4.79 Å². The summed E-state index contributed by atoms with van der Waals surface area (Å²) in [6.07, 6.45) is 16.3. The zero-order valence-corrected chi connectivity index (χ0v) is 24.3. The Kier molecular flexibility index (Phi) is 6.20. The average Bonchev–Trinajstić information content (AvgIpc) is 3.23. The third-order valence-corrected chi connectivity index (χ3v) is 11.4. The SMILES string of the molecule is CN(C(=O)OC(C)(C)C)[C@H]1CC[C@@]2(C)C(CC[C@@H]3C2CC[C@]2(C)C(c4ccc5ccncc5c4)=CC[C@@H]32)C1. The summed E-state index contributed by atoms with van der Waals surface area (Å²) in [6, 6.07) is 9.39. The van der Waals surface area contributed by atoms with Crippen molar-refractivity contribution in [2.75, 3.05) is 7.05 Å². The van der Waals surface area contributed by atoms with Crippen molar-refractivity contribution in [2.24, 2.45) is 34.5 Å². The summed E-state index contributed by atoms with van der Waals surface area (Å²) in [7, 11) is 1.95. The Hall–Kier alpha value is -2.36. The van der Waals surface area contributed by atoms with Gasteiger partial charge in [-0.3, -0.25) is 4.98 Å². The first-order chi connectivity index (χ1) is 18.0. The van der Waals surface area contributed by atoms with Crippen LogP contribution in [0.15, 0.2) is 42.7 Å². The van der Waals surface area contributed by atoms with Crippen LogP contribution in [0.2, 0.25) is 0 Å². The number of aromatic nitrogens is 1. The number of hydrogen-bond donors (Lipinski definition) is 0. The molecule has 204 valence electrons. The van der Waals surface area contributed by atoms with Gasteiger partial charge in [0.1, 0.15) is 5.60 Å². The third-order valence-electron chi connectivity index (χ3n) is 11.4. The van der Waals surface area contributed by atoms with Crippen LogP contribution in [-0.2, 0) is 4.74 Å². The van der Waals surface area contributed by atoms with Crippen molar-refractivity contribution >= 4 is 22.4 Å². The normalized spacial score (nSPS) is 36.6. The summed E-state index contributed by atoms with van der Waals surface area (Å²) in [5, 5.41) is 2.51. The number of nitrogens with zero attached hydrogens (tertiary/aromatic N) is 2. The minimum Gasteiger partial charge on any atom is -0.444 e. The van der Waals surface area contributed by atoms with Crippen LogP contribution in [0.5, 0.6) is 0 Å². The highest BCUT2D eigenvalue weighted by Crippen LogP contribution is 2.67. The molecule has 1 heterocycles. The number of amides is 1. The molecule has 1 amide bonds. The maximum absolute atomic E-state index is 12.8. The molecule has 0 spiro atoms. The molecular weight excluding hydrogens is 468 g/mol. The van der Waals surface area contributed by atoms with Crippen molar-refractivity contribution in [3.63, 3.8) is 0 Å². The molecule has 0 saturated heterocycles. The molecule has 6 rings (SSSR count). The van der Waals surface area contributed by atoms with Gasteiger partial charge in [0.2, 0.25) is 0 Å². The first-order valence-corrected chi connectivity index (χ1v) is 15.0. The third kappa shape index (κ3) is 4.18. The first kappa shape index (κ1) is 25.9. The number of pyridine rings is 1. The number of benzene rings is 1. The molecule has 0 bridgehead atoms. The summed E-state index contributed by atoms with van der Waals surface area (Å²) in [5.74, 6) is 3.08. The number of allylic oxidation sites excluding steroid dienone is 2. The van der Waals surface area contributed by atoms with Crippen LogP contribution in [0.25, 0.3) is 16.3 Å². The van der Waals surface area contributed by atoms with Gasteiger partial charge >= 0.3 is 6.09 Å². The van der Waals surface area contributed by atoms with Crippen LogP contribution in [0, 0.1) is 34.5 Å². The molecule has 38 heavy (non-hydrogen) atoms. The van der Waals surface area contributed by atoms with Gasteiger partial charge in [-0.2, -0.15) is 0 Å². The van der Waals surface area contributed by atoms with Crippen LogP contribution in [-0.4, -0.2) is 34.7 Å². The predicted molar refractivity (Wildman–Crippen MR) is 155 cm³/mol. The van der Waals surface area contributed by atoms with Crippen molar-refractivity contribution < 1.29 is 9.53 Å². The molecule has 3 saturated carbocycles. The largest absolute Gasteiger partial charge is 0.444 e. The minimum absolute atomic E-state index is 0.165. The van der Waals surface area contributed by atoms with Gasteiger partial charge in [0, 0.05) is 30.9 Å². The molecule has 7 atom stereocenters. The number of carbonyl (C=O) groups is 1. The minimum atomic E-state index is -0.445. The topological polar surface area (TPSA) is 42.4 Å². The highest BCUT2D eigenvalue weighted by Gasteiger charge is 2.59. The highest BCUT2D eigenvalue weighted by atomic mass is 16.6. The molecule has 4 aliphatic carbocycles. The Balaban J connectivity index is 1.18. The Bertz CT molecular complexity index is 1260. The van der Waals surface area contributed by atoms with E-state index in [0.29, 0.717) is 17.4 Å². The van der Waals surface area contributed by atoms with Gasteiger partial charge in [-0.25, -0.2) is 4.79 Å². The molecule has 0 radical (unpaired) electrons. The molecule has 1 aromatic heterocycles. The monoisotopic (exact) mass is 514 g/mol. The van der Waals surface area contributed by atoms with E-state index in [1.807, 2.05) is 45.1 Å². The van der Waals surface area contributed by atoms with E-state index >= 15 is 0 Å². The van der Waals surface area contributed by atoms with Crippen molar-refractivity contribution in [1.82, 2.24) is 9.88 Å². The summed E-state index contributed by atoms with van der Waals surface area (Å²) in [4.78, 5) is 19.1. The first-order valence-electron chi connectivity index (χ1n) is 15.0. The second-order valence-corrected chi connectivity index (χ2v) is 14.4. The number of hydrogen-bond acceptors (Lipinski definition) is 3. The lowest BCUT2D eigenvalue weighted by atomic mass is 9.44. The van der Waals surface area contributed by atoms with E-state index in [0.717, 1.165) is 30.6 Å². The van der Waals surface area contributed by atoms with Crippen molar-refractivity contribution in [2.45, 2.75) is 97.6 Å². The molecule has 2 aromatic rings. The Morgan fingerprint density at radius 3 is 2.63 bits per heavy atom. The van der Waals surface area contributed by atoms with Gasteiger partial charge in [-0.05, 0) is 135 Å². The zero-order valence-electron chi connectivity index (χ0n) is 24.3. The fraction of sp³-hybridized carbons (Fsp3) is 0.647. The summed E-state index contributed by atoms with van der Waals surface area (Å²) >= 11 is 0. The van der Waals surface area contributed by atoms with Crippen molar-refractivity contribution in [3.05, 3.63) is 48.3 Å². The molecule has 2 unspecified atom stereocenters. The number of fused-ring (bicyclic) bond motifs is 6. The number of ether oxygens (including phenoxy) is 1. The lowest BCUT2D eigenvalue weighted by molar-refractivity contribution is -0.107. The summed E-state index contributed by atoms with van der Waals surface area (Å²) in [5.41, 5.74) is 3.21. The predicted octanol–water partition coefficient (Wildman–Crippen LogP) is 8.51. The molecule has 3 fully saturated rings. The van der Waals surface area contributed by atoms with Crippen LogP contribution < -0.4 is 0 Å². The van der Waals surface area contributed by atoms with Gasteiger partial charge in [0.15, 0.2) is 0 Å². The van der Waals surface area contributed by atoms with Crippen LogP contribution in [0.4, 0.5) is 4.79 Å². The molecular formula is C34H46N2O2. The lowest BCUT2D eigenvalue weighted by Crippen LogP contribution is -2.55. The van der Waals surface area contributed by atoms with Crippen LogP contribution in [0.3, 0.4) is 0 Å². The second-order valence-electron chi connectivity index (χ2n) is 14.4. The molecule has 0 N–H and O–H groups in total. The molecule has 4 aliphatic rings. The molecule has 4 heteroatoms.